The summed E-state index contributed by atoms with van der Waals surface area (Å²) in [5.41, 5.74) is 1.67. The van der Waals surface area contributed by atoms with Crippen molar-refractivity contribution in [2.45, 2.75) is 6.42 Å². The van der Waals surface area contributed by atoms with E-state index < -0.39 is 0 Å². The van der Waals surface area contributed by atoms with E-state index in [4.69, 9.17) is 9.47 Å². The van der Waals surface area contributed by atoms with E-state index in [2.05, 4.69) is 10.3 Å². The second-order valence-electron chi connectivity index (χ2n) is 4.44. The third kappa shape index (κ3) is 2.71. The highest BCUT2D eigenvalue weighted by atomic mass is 16.7. The lowest BCUT2D eigenvalue weighted by molar-refractivity contribution is 0.0954. The fourth-order valence-corrected chi connectivity index (χ4v) is 2.02. The van der Waals surface area contributed by atoms with E-state index in [0.717, 1.165) is 23.5 Å². The number of benzene rings is 1. The first kappa shape index (κ1) is 12.5. The summed E-state index contributed by atoms with van der Waals surface area (Å²) in [7, 11) is 0. The zero-order valence-corrected chi connectivity index (χ0v) is 10.8. The van der Waals surface area contributed by atoms with Crippen molar-refractivity contribution < 1.29 is 14.3 Å². The molecule has 2 heterocycles. The topological polar surface area (TPSA) is 60.5 Å². The summed E-state index contributed by atoms with van der Waals surface area (Å²) in [6, 6.07) is 9.29. The largest absolute Gasteiger partial charge is 0.454 e. The monoisotopic (exact) mass is 270 g/mol. The molecule has 1 aromatic carbocycles. The SMILES string of the molecule is O=C(NCCc1ccc2c(c1)OCO2)c1cccnc1. The van der Waals surface area contributed by atoms with Gasteiger partial charge in [0.15, 0.2) is 11.5 Å². The number of hydrogen-bond acceptors (Lipinski definition) is 4. The smallest absolute Gasteiger partial charge is 0.252 e. The van der Waals surface area contributed by atoms with Crippen LogP contribution in [0.1, 0.15) is 15.9 Å². The van der Waals surface area contributed by atoms with E-state index in [1.165, 1.54) is 0 Å². The first-order chi connectivity index (χ1) is 9.83. The molecular weight excluding hydrogens is 256 g/mol. The quantitative estimate of drug-likeness (QED) is 0.920. The van der Waals surface area contributed by atoms with E-state index in [1.54, 1.807) is 24.5 Å². The number of amides is 1. The van der Waals surface area contributed by atoms with Crippen LogP contribution in [0.4, 0.5) is 0 Å². The number of nitrogens with zero attached hydrogens (tertiary/aromatic N) is 1. The van der Waals surface area contributed by atoms with E-state index in [9.17, 15) is 4.79 Å². The number of fused-ring (bicyclic) bond motifs is 1. The Morgan fingerprint density at radius 1 is 1.25 bits per heavy atom. The highest BCUT2D eigenvalue weighted by molar-refractivity contribution is 5.93. The third-order valence-corrected chi connectivity index (χ3v) is 3.06. The Kier molecular flexibility index (Phi) is 3.50. The first-order valence-corrected chi connectivity index (χ1v) is 6.40. The number of hydrogen-bond donors (Lipinski definition) is 1. The van der Waals surface area contributed by atoms with Gasteiger partial charge in [0.05, 0.1) is 5.56 Å². The van der Waals surface area contributed by atoms with Gasteiger partial charge in [-0.3, -0.25) is 9.78 Å². The molecule has 2 aromatic rings. The summed E-state index contributed by atoms with van der Waals surface area (Å²) >= 11 is 0. The Balaban J connectivity index is 1.54. The van der Waals surface area contributed by atoms with E-state index in [1.807, 2.05) is 18.2 Å². The molecule has 0 saturated heterocycles. The molecule has 0 fully saturated rings. The van der Waals surface area contributed by atoms with Gasteiger partial charge in [0.25, 0.3) is 5.91 Å². The molecule has 0 radical (unpaired) electrons. The van der Waals surface area contributed by atoms with E-state index in [0.29, 0.717) is 12.1 Å². The van der Waals surface area contributed by atoms with Crippen molar-refractivity contribution in [3.05, 3.63) is 53.9 Å². The average molecular weight is 270 g/mol. The Hall–Kier alpha value is -2.56. The number of carbonyl (C=O) groups excluding carboxylic acids is 1. The fourth-order valence-electron chi connectivity index (χ4n) is 2.02. The fraction of sp³-hybridized carbons (Fsp3) is 0.200. The molecule has 0 saturated carbocycles. The lowest BCUT2D eigenvalue weighted by Gasteiger charge is -2.06. The van der Waals surface area contributed by atoms with Crippen LogP contribution in [0.25, 0.3) is 0 Å². The average Bonchev–Trinajstić information content (AvgIpc) is 2.95. The lowest BCUT2D eigenvalue weighted by atomic mass is 10.1. The molecule has 0 atom stereocenters. The van der Waals surface area contributed by atoms with Gasteiger partial charge < -0.3 is 14.8 Å². The lowest BCUT2D eigenvalue weighted by Crippen LogP contribution is -2.25. The standard InChI is InChI=1S/C15H14N2O3/c18-15(12-2-1-6-16-9-12)17-7-5-11-3-4-13-14(8-11)20-10-19-13/h1-4,6,8-9H,5,7,10H2,(H,17,18). The van der Waals surface area contributed by atoms with E-state index >= 15 is 0 Å². The summed E-state index contributed by atoms with van der Waals surface area (Å²) in [6.07, 6.45) is 3.93. The van der Waals surface area contributed by atoms with Crippen molar-refractivity contribution in [1.82, 2.24) is 10.3 Å². The summed E-state index contributed by atoms with van der Waals surface area (Å²) in [5, 5.41) is 2.86. The molecule has 1 aliphatic rings. The molecule has 20 heavy (non-hydrogen) atoms. The summed E-state index contributed by atoms with van der Waals surface area (Å²) in [4.78, 5) is 15.7. The Labute approximate surface area is 116 Å². The van der Waals surface area contributed by atoms with Crippen LogP contribution in [0.15, 0.2) is 42.7 Å². The van der Waals surface area contributed by atoms with Crippen molar-refractivity contribution in [3.8, 4) is 11.5 Å². The molecule has 1 aliphatic heterocycles. The van der Waals surface area contributed by atoms with Crippen molar-refractivity contribution >= 4 is 5.91 Å². The van der Waals surface area contributed by atoms with Crippen molar-refractivity contribution in [2.75, 3.05) is 13.3 Å². The van der Waals surface area contributed by atoms with Crippen molar-refractivity contribution in [3.63, 3.8) is 0 Å². The molecule has 5 heteroatoms. The van der Waals surface area contributed by atoms with Gasteiger partial charge in [0.1, 0.15) is 0 Å². The maximum Gasteiger partial charge on any atom is 0.252 e. The van der Waals surface area contributed by atoms with Gasteiger partial charge in [-0.15, -0.1) is 0 Å². The molecule has 0 bridgehead atoms. The number of carbonyl (C=O) groups is 1. The number of rotatable bonds is 4. The van der Waals surface area contributed by atoms with Gasteiger partial charge in [-0.25, -0.2) is 0 Å². The Bertz CT molecular complexity index is 614. The first-order valence-electron chi connectivity index (χ1n) is 6.40. The normalized spacial score (nSPS) is 12.2. The number of pyridine rings is 1. The van der Waals surface area contributed by atoms with Gasteiger partial charge >= 0.3 is 0 Å². The zero-order chi connectivity index (χ0) is 13.8. The van der Waals surface area contributed by atoms with Gasteiger partial charge in [-0.1, -0.05) is 6.07 Å². The predicted molar refractivity (Wildman–Crippen MR) is 72.8 cm³/mol. The molecule has 3 rings (SSSR count). The second-order valence-corrected chi connectivity index (χ2v) is 4.44. The second kappa shape index (κ2) is 5.61. The van der Waals surface area contributed by atoms with Crippen LogP contribution >= 0.6 is 0 Å². The molecule has 102 valence electrons. The van der Waals surface area contributed by atoms with Crippen LogP contribution in [-0.4, -0.2) is 24.2 Å². The minimum Gasteiger partial charge on any atom is -0.454 e. The van der Waals surface area contributed by atoms with Gasteiger partial charge in [0.2, 0.25) is 6.79 Å². The summed E-state index contributed by atoms with van der Waals surface area (Å²) in [5.74, 6) is 1.42. The molecule has 0 unspecified atom stereocenters. The van der Waals surface area contributed by atoms with Gasteiger partial charge in [0, 0.05) is 18.9 Å². The van der Waals surface area contributed by atoms with Crippen LogP contribution in [0.3, 0.4) is 0 Å². The highest BCUT2D eigenvalue weighted by Crippen LogP contribution is 2.32. The number of aromatic nitrogens is 1. The molecule has 1 aromatic heterocycles. The molecule has 1 amide bonds. The molecular formula is C15H14N2O3. The number of nitrogens with one attached hydrogen (secondary N) is 1. The summed E-state index contributed by atoms with van der Waals surface area (Å²) in [6.45, 7) is 0.837. The van der Waals surface area contributed by atoms with Crippen LogP contribution in [0.5, 0.6) is 11.5 Å². The van der Waals surface area contributed by atoms with Gasteiger partial charge in [-0.2, -0.15) is 0 Å². The van der Waals surface area contributed by atoms with Gasteiger partial charge in [-0.05, 0) is 36.2 Å². The van der Waals surface area contributed by atoms with Crippen LogP contribution in [0.2, 0.25) is 0 Å². The minimum atomic E-state index is -0.112. The molecule has 1 N–H and O–H groups in total. The van der Waals surface area contributed by atoms with Crippen LogP contribution in [0, 0.1) is 0 Å². The summed E-state index contributed by atoms with van der Waals surface area (Å²) < 4.78 is 10.6. The van der Waals surface area contributed by atoms with Crippen molar-refractivity contribution in [1.29, 1.82) is 0 Å². The maximum atomic E-state index is 11.8. The third-order valence-electron chi connectivity index (χ3n) is 3.06. The highest BCUT2D eigenvalue weighted by Gasteiger charge is 2.13. The van der Waals surface area contributed by atoms with E-state index in [-0.39, 0.29) is 12.7 Å². The zero-order valence-electron chi connectivity index (χ0n) is 10.8. The Morgan fingerprint density at radius 3 is 3.00 bits per heavy atom. The molecule has 5 nitrogen and oxygen atoms in total. The van der Waals surface area contributed by atoms with Crippen molar-refractivity contribution in [2.24, 2.45) is 0 Å². The minimum absolute atomic E-state index is 0.112. The number of ether oxygens (including phenoxy) is 2. The van der Waals surface area contributed by atoms with Crippen LogP contribution < -0.4 is 14.8 Å². The van der Waals surface area contributed by atoms with Crippen LogP contribution in [-0.2, 0) is 6.42 Å². The Morgan fingerprint density at radius 2 is 2.15 bits per heavy atom. The molecule has 0 aliphatic carbocycles. The predicted octanol–water partition coefficient (Wildman–Crippen LogP) is 1.78. The molecule has 0 spiro atoms. The maximum absolute atomic E-state index is 11.8.